The van der Waals surface area contributed by atoms with Crippen molar-refractivity contribution in [2.75, 3.05) is 0 Å². The summed E-state index contributed by atoms with van der Waals surface area (Å²) < 4.78 is 25.6. The van der Waals surface area contributed by atoms with Crippen LogP contribution in [0.15, 0.2) is 10.7 Å². The topological polar surface area (TPSA) is 50.2 Å². The highest BCUT2D eigenvalue weighted by molar-refractivity contribution is 9.10. The molecule has 0 saturated carbocycles. The van der Waals surface area contributed by atoms with Crippen LogP contribution >= 0.6 is 27.5 Å². The standard InChI is InChI=1S/C9H7BrClF2NO2/c10-8-4(3-11)1-5(9(12)13)6(14-8)2-7(15)16/h1,9H,2-3H2,(H,15,16). The summed E-state index contributed by atoms with van der Waals surface area (Å²) >= 11 is 8.58. The molecule has 0 radical (unpaired) electrons. The number of nitrogens with zero attached hydrogens (tertiary/aromatic N) is 1. The summed E-state index contributed by atoms with van der Waals surface area (Å²) in [5.41, 5.74) is -0.129. The van der Waals surface area contributed by atoms with E-state index in [4.69, 9.17) is 16.7 Å². The van der Waals surface area contributed by atoms with Crippen LogP contribution in [-0.2, 0) is 17.1 Å². The molecule has 0 aliphatic rings. The third-order valence-electron chi connectivity index (χ3n) is 1.86. The van der Waals surface area contributed by atoms with Crippen LogP contribution in [-0.4, -0.2) is 16.1 Å². The van der Waals surface area contributed by atoms with Gasteiger partial charge in [0.2, 0.25) is 0 Å². The number of carboxylic acids is 1. The van der Waals surface area contributed by atoms with Crippen molar-refractivity contribution in [1.82, 2.24) is 4.98 Å². The van der Waals surface area contributed by atoms with E-state index in [1.54, 1.807) is 0 Å². The van der Waals surface area contributed by atoms with Gasteiger partial charge < -0.3 is 5.11 Å². The van der Waals surface area contributed by atoms with Gasteiger partial charge in [-0.05, 0) is 22.0 Å². The molecule has 0 aromatic carbocycles. The number of pyridine rings is 1. The smallest absolute Gasteiger partial charge is 0.309 e. The Morgan fingerprint density at radius 3 is 2.69 bits per heavy atom. The molecule has 1 heterocycles. The summed E-state index contributed by atoms with van der Waals surface area (Å²) in [6.45, 7) is 0. The molecular weight excluding hydrogens is 307 g/mol. The largest absolute Gasteiger partial charge is 0.481 e. The van der Waals surface area contributed by atoms with Crippen LogP contribution in [0.3, 0.4) is 0 Å². The van der Waals surface area contributed by atoms with E-state index < -0.39 is 18.8 Å². The molecule has 0 aliphatic heterocycles. The summed E-state index contributed by atoms with van der Waals surface area (Å²) in [7, 11) is 0. The predicted octanol–water partition coefficient (Wildman–Crippen LogP) is 3.15. The van der Waals surface area contributed by atoms with Gasteiger partial charge in [0.05, 0.1) is 18.0 Å². The lowest BCUT2D eigenvalue weighted by atomic mass is 10.1. The molecule has 0 amide bonds. The predicted molar refractivity (Wildman–Crippen MR) is 57.8 cm³/mol. The summed E-state index contributed by atoms with van der Waals surface area (Å²) in [6.07, 6.45) is -3.31. The summed E-state index contributed by atoms with van der Waals surface area (Å²) in [6, 6.07) is 1.17. The number of hydrogen-bond acceptors (Lipinski definition) is 2. The molecular formula is C9H7BrClF2NO2. The summed E-state index contributed by atoms with van der Waals surface area (Å²) in [5.74, 6) is -1.18. The maximum Gasteiger partial charge on any atom is 0.309 e. The second kappa shape index (κ2) is 5.54. The van der Waals surface area contributed by atoms with Gasteiger partial charge in [-0.15, -0.1) is 11.6 Å². The van der Waals surface area contributed by atoms with E-state index in [0.717, 1.165) is 0 Å². The van der Waals surface area contributed by atoms with E-state index in [-0.39, 0.29) is 17.1 Å². The van der Waals surface area contributed by atoms with Crippen LogP contribution in [0.5, 0.6) is 0 Å². The van der Waals surface area contributed by atoms with Gasteiger partial charge >= 0.3 is 5.97 Å². The monoisotopic (exact) mass is 313 g/mol. The molecule has 88 valence electrons. The number of rotatable bonds is 4. The van der Waals surface area contributed by atoms with E-state index in [2.05, 4.69) is 20.9 Å². The molecule has 7 heteroatoms. The quantitative estimate of drug-likeness (QED) is 0.686. The lowest BCUT2D eigenvalue weighted by Gasteiger charge is -2.09. The molecule has 3 nitrogen and oxygen atoms in total. The zero-order valence-corrected chi connectivity index (χ0v) is 10.2. The first-order valence-electron chi connectivity index (χ1n) is 4.19. The third kappa shape index (κ3) is 3.12. The van der Waals surface area contributed by atoms with Crippen LogP contribution in [0, 0.1) is 0 Å². The number of carboxylic acid groups (broad SMARTS) is 1. The number of alkyl halides is 3. The van der Waals surface area contributed by atoms with E-state index in [1.165, 1.54) is 6.07 Å². The Morgan fingerprint density at radius 1 is 1.62 bits per heavy atom. The van der Waals surface area contributed by atoms with Crippen molar-refractivity contribution in [2.45, 2.75) is 18.7 Å². The highest BCUT2D eigenvalue weighted by Crippen LogP contribution is 2.27. The lowest BCUT2D eigenvalue weighted by Crippen LogP contribution is -2.08. The molecule has 1 rings (SSSR count). The number of halogens is 4. The Hall–Kier alpha value is -0.750. The zero-order valence-electron chi connectivity index (χ0n) is 7.88. The lowest BCUT2D eigenvalue weighted by molar-refractivity contribution is -0.136. The Kier molecular flexibility index (Phi) is 4.61. The van der Waals surface area contributed by atoms with Gasteiger partial charge in [0, 0.05) is 11.1 Å². The number of aromatic nitrogens is 1. The molecule has 0 unspecified atom stereocenters. The van der Waals surface area contributed by atoms with Gasteiger partial charge in [-0.2, -0.15) is 0 Å². The molecule has 16 heavy (non-hydrogen) atoms. The van der Waals surface area contributed by atoms with Crippen LogP contribution in [0.4, 0.5) is 8.78 Å². The van der Waals surface area contributed by atoms with Crippen LogP contribution in [0.25, 0.3) is 0 Å². The normalized spacial score (nSPS) is 10.8. The molecule has 0 fully saturated rings. The van der Waals surface area contributed by atoms with Crippen molar-refractivity contribution >= 4 is 33.5 Å². The Bertz CT molecular complexity index is 415. The fraction of sp³-hybridized carbons (Fsp3) is 0.333. The average molecular weight is 315 g/mol. The zero-order chi connectivity index (χ0) is 12.3. The Balaban J connectivity index is 3.24. The van der Waals surface area contributed by atoms with Crippen LogP contribution < -0.4 is 0 Å². The van der Waals surface area contributed by atoms with Gasteiger partial charge in [-0.3, -0.25) is 4.79 Å². The second-order valence-corrected chi connectivity index (χ2v) is 4.00. The van der Waals surface area contributed by atoms with Crippen molar-refractivity contribution in [1.29, 1.82) is 0 Å². The first-order chi connectivity index (χ1) is 7.45. The molecule has 0 bridgehead atoms. The van der Waals surface area contributed by atoms with Crippen molar-refractivity contribution in [2.24, 2.45) is 0 Å². The van der Waals surface area contributed by atoms with E-state index >= 15 is 0 Å². The molecule has 0 saturated heterocycles. The maximum atomic E-state index is 12.6. The fourth-order valence-electron chi connectivity index (χ4n) is 1.15. The number of aliphatic carboxylic acids is 1. The minimum absolute atomic E-state index is 0.0284. The van der Waals surface area contributed by atoms with Crippen LogP contribution in [0.1, 0.15) is 23.2 Å². The van der Waals surface area contributed by atoms with Gasteiger partial charge in [-0.1, -0.05) is 0 Å². The first-order valence-corrected chi connectivity index (χ1v) is 5.52. The Morgan fingerprint density at radius 2 is 2.25 bits per heavy atom. The van der Waals surface area contributed by atoms with Crippen molar-refractivity contribution in [3.05, 3.63) is 27.5 Å². The molecule has 0 atom stereocenters. The molecule has 1 N–H and O–H groups in total. The number of hydrogen-bond donors (Lipinski definition) is 1. The maximum absolute atomic E-state index is 12.6. The van der Waals surface area contributed by atoms with E-state index in [9.17, 15) is 13.6 Å². The molecule has 1 aromatic rings. The van der Waals surface area contributed by atoms with Gasteiger partial charge in [-0.25, -0.2) is 13.8 Å². The highest BCUT2D eigenvalue weighted by atomic mass is 79.9. The minimum atomic E-state index is -2.77. The second-order valence-electron chi connectivity index (χ2n) is 2.98. The molecule has 0 spiro atoms. The summed E-state index contributed by atoms with van der Waals surface area (Å²) in [5, 5.41) is 8.56. The first kappa shape index (κ1) is 13.3. The third-order valence-corrected chi connectivity index (χ3v) is 2.83. The SMILES string of the molecule is O=C(O)Cc1nc(Br)c(CCl)cc1C(F)F. The Labute approximate surface area is 104 Å². The highest BCUT2D eigenvalue weighted by Gasteiger charge is 2.19. The minimum Gasteiger partial charge on any atom is -0.481 e. The van der Waals surface area contributed by atoms with Gasteiger partial charge in [0.1, 0.15) is 4.60 Å². The summed E-state index contributed by atoms with van der Waals surface area (Å²) in [4.78, 5) is 14.3. The van der Waals surface area contributed by atoms with E-state index in [0.29, 0.717) is 10.2 Å². The van der Waals surface area contributed by atoms with E-state index in [1.807, 2.05) is 0 Å². The fourth-order valence-corrected chi connectivity index (χ4v) is 1.99. The average Bonchev–Trinajstić information content (AvgIpc) is 2.16. The molecule has 1 aromatic heterocycles. The number of carbonyl (C=O) groups is 1. The van der Waals surface area contributed by atoms with Crippen LogP contribution in [0.2, 0.25) is 0 Å². The van der Waals surface area contributed by atoms with Crippen molar-refractivity contribution in [3.8, 4) is 0 Å². The van der Waals surface area contributed by atoms with Crippen molar-refractivity contribution < 1.29 is 18.7 Å². The van der Waals surface area contributed by atoms with Gasteiger partial charge in [0.25, 0.3) is 6.43 Å². The van der Waals surface area contributed by atoms with Crippen molar-refractivity contribution in [3.63, 3.8) is 0 Å². The van der Waals surface area contributed by atoms with Gasteiger partial charge in [0.15, 0.2) is 0 Å². The molecule has 0 aliphatic carbocycles.